The molecule has 0 bridgehead atoms. The first-order valence-electron chi connectivity index (χ1n) is 11.5. The summed E-state index contributed by atoms with van der Waals surface area (Å²) in [6, 6.07) is 13.2. The summed E-state index contributed by atoms with van der Waals surface area (Å²) in [7, 11) is 0. The Bertz CT molecular complexity index is 1480. The van der Waals surface area contributed by atoms with Crippen LogP contribution in [-0.4, -0.2) is 13.2 Å². The van der Waals surface area contributed by atoms with Gasteiger partial charge in [0.05, 0.1) is 29.2 Å². The Balaban J connectivity index is 1.54. The van der Waals surface area contributed by atoms with Gasteiger partial charge in [-0.05, 0) is 54.8 Å². The molecule has 3 aromatic carbocycles. The van der Waals surface area contributed by atoms with Crippen LogP contribution in [0.15, 0.2) is 57.7 Å². The number of ether oxygens (including phenoxy) is 3. The molecular weight excluding hydrogens is 471 g/mol. The van der Waals surface area contributed by atoms with Gasteiger partial charge in [0, 0.05) is 18.1 Å². The zero-order valence-corrected chi connectivity index (χ0v) is 20.2. The molecule has 0 radical (unpaired) electrons. The highest BCUT2D eigenvalue weighted by atomic mass is 35.5. The van der Waals surface area contributed by atoms with E-state index in [2.05, 4.69) is 0 Å². The molecule has 1 aliphatic rings. The van der Waals surface area contributed by atoms with Crippen LogP contribution in [0.4, 0.5) is 4.39 Å². The van der Waals surface area contributed by atoms with Crippen molar-refractivity contribution >= 4 is 22.6 Å². The molecule has 180 valence electrons. The average Bonchev–Trinajstić information content (AvgIpc) is 3.08. The molecule has 5 nitrogen and oxygen atoms in total. The van der Waals surface area contributed by atoms with Crippen molar-refractivity contribution in [3.05, 3.63) is 86.5 Å². The highest BCUT2D eigenvalue weighted by Crippen LogP contribution is 2.36. The predicted octanol–water partition coefficient (Wildman–Crippen LogP) is 6.86. The Morgan fingerprint density at radius 3 is 2.57 bits per heavy atom. The number of rotatable bonds is 5. The third-order valence-corrected chi connectivity index (χ3v) is 6.42. The summed E-state index contributed by atoms with van der Waals surface area (Å²) >= 11 is 6.14. The Morgan fingerprint density at radius 2 is 1.80 bits per heavy atom. The third-order valence-electron chi connectivity index (χ3n) is 6.06. The van der Waals surface area contributed by atoms with Gasteiger partial charge in [-0.25, -0.2) is 4.39 Å². The van der Waals surface area contributed by atoms with Crippen LogP contribution in [0.25, 0.3) is 22.1 Å². The largest absolute Gasteiger partial charge is 0.490 e. The van der Waals surface area contributed by atoms with Gasteiger partial charge in [-0.15, -0.1) is 0 Å². The van der Waals surface area contributed by atoms with Crippen LogP contribution < -0.4 is 19.6 Å². The molecule has 0 N–H and O–H groups in total. The second-order valence-electron chi connectivity index (χ2n) is 8.41. The van der Waals surface area contributed by atoms with E-state index in [0.717, 1.165) is 12.0 Å². The first-order chi connectivity index (χ1) is 16.9. The molecular formula is C28H24ClFO5. The van der Waals surface area contributed by atoms with Crippen molar-refractivity contribution in [1.82, 2.24) is 0 Å². The highest BCUT2D eigenvalue weighted by Gasteiger charge is 2.19. The van der Waals surface area contributed by atoms with Crippen molar-refractivity contribution in [2.45, 2.75) is 33.3 Å². The van der Waals surface area contributed by atoms with Crippen LogP contribution in [0.5, 0.6) is 17.2 Å². The van der Waals surface area contributed by atoms with Crippen molar-refractivity contribution in [2.75, 3.05) is 13.2 Å². The molecule has 4 aromatic rings. The number of fused-ring (bicyclic) bond motifs is 2. The molecule has 7 heteroatoms. The lowest BCUT2D eigenvalue weighted by Gasteiger charge is -2.14. The summed E-state index contributed by atoms with van der Waals surface area (Å²) in [4.78, 5) is 13.6. The zero-order chi connectivity index (χ0) is 24.5. The lowest BCUT2D eigenvalue weighted by atomic mass is 10.0. The number of hydrogen-bond acceptors (Lipinski definition) is 5. The minimum atomic E-state index is -0.402. The maximum Gasteiger partial charge on any atom is 0.200 e. The van der Waals surface area contributed by atoms with Gasteiger partial charge in [0.25, 0.3) is 0 Å². The van der Waals surface area contributed by atoms with E-state index in [1.807, 2.05) is 31.2 Å². The lowest BCUT2D eigenvalue weighted by molar-refractivity contribution is 0.297. The van der Waals surface area contributed by atoms with E-state index in [-0.39, 0.29) is 12.0 Å². The van der Waals surface area contributed by atoms with E-state index in [9.17, 15) is 9.18 Å². The molecule has 0 fully saturated rings. The molecule has 0 aliphatic carbocycles. The van der Waals surface area contributed by atoms with E-state index in [0.29, 0.717) is 75.3 Å². The van der Waals surface area contributed by atoms with Gasteiger partial charge >= 0.3 is 0 Å². The van der Waals surface area contributed by atoms with Gasteiger partial charge in [0.15, 0.2) is 11.5 Å². The summed E-state index contributed by atoms with van der Waals surface area (Å²) in [5, 5.41) is 0.771. The number of aryl methyl sites for hydroxylation is 2. The highest BCUT2D eigenvalue weighted by molar-refractivity contribution is 6.31. The summed E-state index contributed by atoms with van der Waals surface area (Å²) < 4.78 is 37.0. The Morgan fingerprint density at radius 1 is 1.00 bits per heavy atom. The van der Waals surface area contributed by atoms with Crippen molar-refractivity contribution < 1.29 is 23.0 Å². The predicted molar refractivity (Wildman–Crippen MR) is 133 cm³/mol. The Kier molecular flexibility index (Phi) is 6.39. The van der Waals surface area contributed by atoms with Crippen molar-refractivity contribution in [1.29, 1.82) is 0 Å². The van der Waals surface area contributed by atoms with Crippen molar-refractivity contribution in [3.63, 3.8) is 0 Å². The van der Waals surface area contributed by atoms with Gasteiger partial charge < -0.3 is 18.6 Å². The maximum atomic E-state index is 13.6. The van der Waals surface area contributed by atoms with Crippen molar-refractivity contribution in [3.8, 4) is 28.4 Å². The Labute approximate surface area is 207 Å². The van der Waals surface area contributed by atoms with Crippen LogP contribution >= 0.6 is 11.6 Å². The summed E-state index contributed by atoms with van der Waals surface area (Å²) in [6.07, 6.45) is 1.45. The monoisotopic (exact) mass is 494 g/mol. The van der Waals surface area contributed by atoms with E-state index in [1.54, 1.807) is 19.1 Å². The molecule has 0 unspecified atom stereocenters. The van der Waals surface area contributed by atoms with Gasteiger partial charge in [-0.2, -0.15) is 0 Å². The average molecular weight is 495 g/mol. The quantitative estimate of drug-likeness (QED) is 0.303. The number of hydrogen-bond donors (Lipinski definition) is 0. The summed E-state index contributed by atoms with van der Waals surface area (Å²) in [5.74, 6) is 1.97. The lowest BCUT2D eigenvalue weighted by Crippen LogP contribution is -2.09. The summed E-state index contributed by atoms with van der Waals surface area (Å²) in [6.45, 7) is 5.08. The molecule has 0 atom stereocenters. The van der Waals surface area contributed by atoms with Crippen LogP contribution in [0, 0.1) is 12.7 Å². The summed E-state index contributed by atoms with van der Waals surface area (Å²) in [5.41, 5.74) is 3.03. The van der Waals surface area contributed by atoms with Gasteiger partial charge in [0.2, 0.25) is 5.43 Å². The van der Waals surface area contributed by atoms with E-state index < -0.39 is 5.82 Å². The molecule has 0 saturated carbocycles. The van der Waals surface area contributed by atoms with Crippen LogP contribution in [0.2, 0.25) is 5.02 Å². The van der Waals surface area contributed by atoms with Gasteiger partial charge in [0.1, 0.15) is 29.5 Å². The van der Waals surface area contributed by atoms with E-state index in [1.165, 1.54) is 12.1 Å². The van der Waals surface area contributed by atoms with Crippen molar-refractivity contribution in [2.24, 2.45) is 0 Å². The van der Waals surface area contributed by atoms with Crippen LogP contribution in [-0.2, 0) is 13.0 Å². The fourth-order valence-corrected chi connectivity index (χ4v) is 4.46. The van der Waals surface area contributed by atoms with Crippen LogP contribution in [0.1, 0.15) is 30.2 Å². The van der Waals surface area contributed by atoms with E-state index in [4.69, 9.17) is 30.2 Å². The molecule has 5 rings (SSSR count). The standard InChI is InChI=1S/C28H24ClFO5/c1-3-17-11-21-25(14-24(17)34-15-19-5-7-20(30)13-22(19)29)35-16(2)27(28(21)31)18-6-8-23-26(12-18)33-10-4-9-32-23/h5-8,11-14H,3-4,9-10,15H2,1-2H3. The number of halogens is 2. The molecule has 2 heterocycles. The first-order valence-corrected chi connectivity index (χ1v) is 11.9. The van der Waals surface area contributed by atoms with Crippen LogP contribution in [0.3, 0.4) is 0 Å². The molecule has 1 aliphatic heterocycles. The van der Waals surface area contributed by atoms with Gasteiger partial charge in [-0.1, -0.05) is 30.7 Å². The Hall–Kier alpha value is -3.51. The smallest absolute Gasteiger partial charge is 0.200 e. The minimum Gasteiger partial charge on any atom is -0.490 e. The molecule has 0 amide bonds. The maximum absolute atomic E-state index is 13.6. The molecule has 1 aromatic heterocycles. The SMILES string of the molecule is CCc1cc2c(=O)c(-c3ccc4c(c3)OCCCO4)c(C)oc2cc1OCc1ccc(F)cc1Cl. The fraction of sp³-hybridized carbons (Fsp3) is 0.250. The minimum absolute atomic E-state index is 0.124. The second kappa shape index (κ2) is 9.62. The zero-order valence-electron chi connectivity index (χ0n) is 19.5. The third kappa shape index (κ3) is 4.58. The molecule has 35 heavy (non-hydrogen) atoms. The van der Waals surface area contributed by atoms with E-state index >= 15 is 0 Å². The normalized spacial score (nSPS) is 13.0. The fourth-order valence-electron chi connectivity index (χ4n) is 4.24. The first kappa shape index (κ1) is 23.2. The van der Waals surface area contributed by atoms with Gasteiger partial charge in [-0.3, -0.25) is 4.79 Å². The second-order valence-corrected chi connectivity index (χ2v) is 8.82. The topological polar surface area (TPSA) is 57.9 Å². The number of benzene rings is 3. The molecule has 0 saturated heterocycles. The molecule has 0 spiro atoms.